The number of carbonyl (C=O) groups excluding carboxylic acids is 1. The van der Waals surface area contributed by atoms with Crippen molar-refractivity contribution in [2.75, 3.05) is 13.7 Å². The topological polar surface area (TPSA) is 86.4 Å². The molecule has 1 atom stereocenters. The van der Waals surface area contributed by atoms with Crippen molar-refractivity contribution in [1.82, 2.24) is 15.1 Å². The molecule has 2 aromatic heterocycles. The number of methoxy groups -OCH3 is 1. The first-order valence-corrected chi connectivity index (χ1v) is 7.82. The van der Waals surface area contributed by atoms with Crippen LogP contribution in [-0.2, 0) is 11.8 Å². The molecule has 1 aromatic carbocycles. The van der Waals surface area contributed by atoms with E-state index in [1.165, 1.54) is 6.07 Å². The van der Waals surface area contributed by atoms with Crippen molar-refractivity contribution < 1.29 is 13.9 Å². The minimum atomic E-state index is -0.483. The van der Waals surface area contributed by atoms with Crippen LogP contribution in [0.2, 0.25) is 0 Å². The van der Waals surface area contributed by atoms with Gasteiger partial charge in [0.1, 0.15) is 5.58 Å². The lowest BCUT2D eigenvalue weighted by molar-refractivity contribution is 0.0865. The smallest absolute Gasteiger partial charge is 0.287 e. The molecule has 7 nitrogen and oxygen atoms in total. The van der Waals surface area contributed by atoms with Gasteiger partial charge in [0, 0.05) is 26.4 Å². The number of benzene rings is 1. The largest absolute Gasteiger partial charge is 0.451 e. The highest BCUT2D eigenvalue weighted by Gasteiger charge is 2.20. The number of hydrogen-bond donors (Lipinski definition) is 1. The first-order chi connectivity index (χ1) is 12.0. The summed E-state index contributed by atoms with van der Waals surface area (Å²) in [6.07, 6.45) is 1.64. The molecule has 3 aromatic rings. The molecule has 0 unspecified atom stereocenters. The van der Waals surface area contributed by atoms with E-state index in [4.69, 9.17) is 9.15 Å². The van der Waals surface area contributed by atoms with Gasteiger partial charge in [-0.05, 0) is 30.7 Å². The van der Waals surface area contributed by atoms with Gasteiger partial charge in [-0.3, -0.25) is 14.3 Å². The van der Waals surface area contributed by atoms with Crippen LogP contribution in [0.25, 0.3) is 11.0 Å². The van der Waals surface area contributed by atoms with E-state index in [1.54, 1.807) is 43.2 Å². The third kappa shape index (κ3) is 3.46. The SMILES string of the molecule is COC[C@@H](NC(=O)c1cc(=O)c2ccc(C)cc2o1)c1ccnn1C. The molecule has 1 amide bonds. The Bertz CT molecular complexity index is 974. The van der Waals surface area contributed by atoms with Crippen LogP contribution >= 0.6 is 0 Å². The number of fused-ring (bicyclic) bond motifs is 1. The Labute approximate surface area is 144 Å². The van der Waals surface area contributed by atoms with Crippen molar-refractivity contribution in [3.05, 3.63) is 63.8 Å². The first kappa shape index (κ1) is 16.9. The van der Waals surface area contributed by atoms with Crippen molar-refractivity contribution in [2.45, 2.75) is 13.0 Å². The number of rotatable bonds is 5. The number of nitrogens with zero attached hydrogens (tertiary/aromatic N) is 2. The van der Waals surface area contributed by atoms with Gasteiger partial charge in [0.25, 0.3) is 5.91 Å². The summed E-state index contributed by atoms with van der Waals surface area (Å²) < 4.78 is 12.5. The van der Waals surface area contributed by atoms with Gasteiger partial charge in [-0.2, -0.15) is 5.10 Å². The molecular weight excluding hydrogens is 322 g/mol. The fraction of sp³-hybridized carbons (Fsp3) is 0.278. The summed E-state index contributed by atoms with van der Waals surface area (Å²) in [6.45, 7) is 2.16. The van der Waals surface area contributed by atoms with Gasteiger partial charge in [-0.15, -0.1) is 0 Å². The second-order valence-electron chi connectivity index (χ2n) is 5.84. The molecule has 1 N–H and O–H groups in total. The summed E-state index contributed by atoms with van der Waals surface area (Å²) >= 11 is 0. The second-order valence-corrected chi connectivity index (χ2v) is 5.84. The standard InChI is InChI=1S/C18H19N3O4/c1-11-4-5-12-15(22)9-17(25-16(12)8-11)18(23)20-13(10-24-3)14-6-7-19-21(14)2/h4-9,13H,10H2,1-3H3,(H,20,23)/t13-/m1/s1. The Hall–Kier alpha value is -2.93. The quantitative estimate of drug-likeness (QED) is 0.766. The molecule has 0 saturated heterocycles. The van der Waals surface area contributed by atoms with Crippen LogP contribution in [-0.4, -0.2) is 29.4 Å². The number of amides is 1. The Morgan fingerprint density at radius 1 is 1.36 bits per heavy atom. The van der Waals surface area contributed by atoms with Crippen LogP contribution < -0.4 is 10.7 Å². The van der Waals surface area contributed by atoms with Crippen LogP contribution in [0, 0.1) is 6.92 Å². The van der Waals surface area contributed by atoms with Gasteiger partial charge < -0.3 is 14.5 Å². The number of carbonyl (C=O) groups is 1. The maximum atomic E-state index is 12.6. The van der Waals surface area contributed by atoms with E-state index in [-0.39, 0.29) is 17.8 Å². The van der Waals surface area contributed by atoms with E-state index < -0.39 is 11.9 Å². The van der Waals surface area contributed by atoms with Crippen molar-refractivity contribution >= 4 is 16.9 Å². The van der Waals surface area contributed by atoms with E-state index in [1.807, 2.05) is 13.0 Å². The highest BCUT2D eigenvalue weighted by molar-refractivity contribution is 5.93. The molecule has 2 heterocycles. The fourth-order valence-electron chi connectivity index (χ4n) is 2.70. The van der Waals surface area contributed by atoms with Crippen molar-refractivity contribution in [3.8, 4) is 0 Å². The predicted octanol–water partition coefficient (Wildman–Crippen LogP) is 1.95. The zero-order chi connectivity index (χ0) is 18.0. The summed E-state index contributed by atoms with van der Waals surface area (Å²) in [7, 11) is 3.33. The number of hydrogen-bond acceptors (Lipinski definition) is 5. The van der Waals surface area contributed by atoms with E-state index in [9.17, 15) is 9.59 Å². The molecule has 0 bridgehead atoms. The normalized spacial score (nSPS) is 12.3. The summed E-state index contributed by atoms with van der Waals surface area (Å²) in [6, 6.07) is 7.85. The minimum absolute atomic E-state index is 0.0358. The van der Waals surface area contributed by atoms with Crippen LogP contribution in [0.1, 0.15) is 27.9 Å². The lowest BCUT2D eigenvalue weighted by Crippen LogP contribution is -2.33. The van der Waals surface area contributed by atoms with Gasteiger partial charge in [0.05, 0.1) is 23.7 Å². The van der Waals surface area contributed by atoms with Crippen molar-refractivity contribution in [2.24, 2.45) is 7.05 Å². The van der Waals surface area contributed by atoms with Crippen LogP contribution in [0.4, 0.5) is 0 Å². The second kappa shape index (κ2) is 6.90. The molecule has 7 heteroatoms. The summed E-state index contributed by atoms with van der Waals surface area (Å²) in [5.74, 6) is -0.518. The zero-order valence-corrected chi connectivity index (χ0v) is 14.3. The van der Waals surface area contributed by atoms with Crippen molar-refractivity contribution in [1.29, 1.82) is 0 Å². The maximum absolute atomic E-state index is 12.6. The average molecular weight is 341 g/mol. The first-order valence-electron chi connectivity index (χ1n) is 7.82. The number of aryl methyl sites for hydroxylation is 2. The Morgan fingerprint density at radius 3 is 2.84 bits per heavy atom. The monoisotopic (exact) mass is 341 g/mol. The molecule has 0 aliphatic rings. The van der Waals surface area contributed by atoms with E-state index in [2.05, 4.69) is 10.4 Å². The zero-order valence-electron chi connectivity index (χ0n) is 14.3. The molecule has 25 heavy (non-hydrogen) atoms. The molecule has 3 rings (SSSR count). The summed E-state index contributed by atoms with van der Waals surface area (Å²) in [5.41, 5.74) is 1.87. The Kier molecular flexibility index (Phi) is 4.67. The van der Waals surface area contributed by atoms with E-state index >= 15 is 0 Å². The molecule has 0 radical (unpaired) electrons. The van der Waals surface area contributed by atoms with Crippen LogP contribution in [0.5, 0.6) is 0 Å². The Balaban J connectivity index is 1.93. The lowest BCUT2D eigenvalue weighted by Gasteiger charge is -2.18. The third-order valence-corrected chi connectivity index (χ3v) is 3.96. The van der Waals surface area contributed by atoms with E-state index in [0.717, 1.165) is 11.3 Å². The number of nitrogens with one attached hydrogen (secondary N) is 1. The predicted molar refractivity (Wildman–Crippen MR) is 92.5 cm³/mol. The van der Waals surface area contributed by atoms with Crippen molar-refractivity contribution in [3.63, 3.8) is 0 Å². The molecule has 0 spiro atoms. The van der Waals surface area contributed by atoms with Gasteiger partial charge in [0.15, 0.2) is 11.2 Å². The summed E-state index contributed by atoms with van der Waals surface area (Å²) in [4.78, 5) is 24.8. The van der Waals surface area contributed by atoms with Gasteiger partial charge in [0.2, 0.25) is 0 Å². The number of ether oxygens (including phenoxy) is 1. The Morgan fingerprint density at radius 2 is 2.16 bits per heavy atom. The minimum Gasteiger partial charge on any atom is -0.451 e. The van der Waals surface area contributed by atoms with Crippen LogP contribution in [0.3, 0.4) is 0 Å². The maximum Gasteiger partial charge on any atom is 0.287 e. The molecule has 0 saturated carbocycles. The van der Waals surface area contributed by atoms with Crippen LogP contribution in [0.15, 0.2) is 45.7 Å². The third-order valence-electron chi connectivity index (χ3n) is 3.96. The summed E-state index contributed by atoms with van der Waals surface area (Å²) in [5, 5.41) is 7.37. The number of aromatic nitrogens is 2. The van der Waals surface area contributed by atoms with Gasteiger partial charge in [-0.1, -0.05) is 6.07 Å². The molecule has 0 aliphatic carbocycles. The molecule has 0 fully saturated rings. The van der Waals surface area contributed by atoms with E-state index in [0.29, 0.717) is 11.0 Å². The fourth-order valence-corrected chi connectivity index (χ4v) is 2.70. The van der Waals surface area contributed by atoms with Gasteiger partial charge in [-0.25, -0.2) is 0 Å². The lowest BCUT2D eigenvalue weighted by atomic mass is 10.1. The highest BCUT2D eigenvalue weighted by Crippen LogP contribution is 2.16. The molecule has 130 valence electrons. The average Bonchev–Trinajstić information content (AvgIpc) is 2.99. The van der Waals surface area contributed by atoms with Gasteiger partial charge >= 0.3 is 0 Å². The highest BCUT2D eigenvalue weighted by atomic mass is 16.5. The molecular formula is C18H19N3O4. The molecule has 0 aliphatic heterocycles.